The van der Waals surface area contributed by atoms with Gasteiger partial charge in [0.05, 0.1) is 31.2 Å². The number of ether oxygens (including phenoxy) is 3. The number of hydrogen-bond donors (Lipinski definition) is 1. The molecule has 0 spiro atoms. The number of benzene rings is 1. The van der Waals surface area contributed by atoms with E-state index in [0.29, 0.717) is 11.3 Å². The molecule has 0 aliphatic carbocycles. The predicted octanol–water partition coefficient (Wildman–Crippen LogP) is 1.63. The molecule has 0 radical (unpaired) electrons. The number of fused-ring (bicyclic) bond motifs is 1. The summed E-state index contributed by atoms with van der Waals surface area (Å²) in [5, 5.41) is 9.81. The van der Waals surface area contributed by atoms with E-state index in [0.717, 1.165) is 0 Å². The number of amides is 1. The first kappa shape index (κ1) is 28.4. The molecule has 1 aliphatic heterocycles. The number of carbonyl (C=O) groups excluding carboxylic acids is 1. The van der Waals surface area contributed by atoms with Crippen molar-refractivity contribution in [3.05, 3.63) is 47.7 Å². The van der Waals surface area contributed by atoms with Crippen LogP contribution in [-0.2, 0) is 14.8 Å². The summed E-state index contributed by atoms with van der Waals surface area (Å²) in [7, 11) is 0.627. The van der Waals surface area contributed by atoms with Gasteiger partial charge in [-0.1, -0.05) is 24.8 Å². The molecule has 0 bridgehead atoms. The number of aliphatic hydroxyl groups is 1. The second-order valence-corrected chi connectivity index (χ2v) is 10.9. The van der Waals surface area contributed by atoms with Gasteiger partial charge in [-0.3, -0.25) is 4.79 Å². The zero-order valence-electron chi connectivity index (χ0n) is 21.7. The first-order valence-electron chi connectivity index (χ1n) is 11.8. The number of sulfonamides is 1. The molecule has 1 amide bonds. The van der Waals surface area contributed by atoms with Crippen molar-refractivity contribution >= 4 is 15.9 Å². The Morgan fingerprint density at radius 2 is 2.08 bits per heavy atom. The Morgan fingerprint density at radius 3 is 2.76 bits per heavy atom. The maximum atomic E-state index is 13.5. The summed E-state index contributed by atoms with van der Waals surface area (Å²) in [6.45, 7) is 3.87. The van der Waals surface area contributed by atoms with Gasteiger partial charge in [-0.15, -0.1) is 0 Å². The van der Waals surface area contributed by atoms with Crippen LogP contribution in [0.25, 0.3) is 0 Å². The topological polar surface area (TPSA) is 118 Å². The largest absolute Gasteiger partial charge is 0.497 e. The van der Waals surface area contributed by atoms with Crippen molar-refractivity contribution in [3.63, 3.8) is 0 Å². The average molecular weight is 532 g/mol. The molecule has 10 nitrogen and oxygen atoms in total. The summed E-state index contributed by atoms with van der Waals surface area (Å²) in [4.78, 5) is 19.5. The fourth-order valence-electron chi connectivity index (χ4n) is 3.89. The quantitative estimate of drug-likeness (QED) is 0.511. The average Bonchev–Trinajstić information content (AvgIpc) is 2.90. The Kier molecular flexibility index (Phi) is 9.50. The monoisotopic (exact) mass is 531 g/mol. The molecule has 1 aliphatic rings. The number of nitrogens with zero attached hydrogens (tertiary/aromatic N) is 3. The van der Waals surface area contributed by atoms with Crippen molar-refractivity contribution in [1.29, 1.82) is 0 Å². The van der Waals surface area contributed by atoms with Crippen LogP contribution in [0.1, 0.15) is 29.8 Å². The molecular weight excluding hydrogens is 498 g/mol. The lowest BCUT2D eigenvalue weighted by molar-refractivity contribution is 0.0373. The molecule has 2 aromatic rings. The molecule has 0 saturated carbocycles. The van der Waals surface area contributed by atoms with Crippen molar-refractivity contribution in [1.82, 2.24) is 14.2 Å². The third-order valence-corrected chi connectivity index (χ3v) is 7.98. The van der Waals surface area contributed by atoms with Crippen LogP contribution in [0.4, 0.5) is 0 Å². The maximum absolute atomic E-state index is 13.5. The first-order chi connectivity index (χ1) is 17.6. The summed E-state index contributed by atoms with van der Waals surface area (Å²) in [5.74, 6) is 5.62. The highest BCUT2D eigenvalue weighted by Crippen LogP contribution is 2.28. The van der Waals surface area contributed by atoms with E-state index < -0.39 is 22.2 Å². The number of carbonyl (C=O) groups is 1. The third-order valence-electron chi connectivity index (χ3n) is 6.16. The van der Waals surface area contributed by atoms with Gasteiger partial charge in [-0.2, -0.15) is 4.31 Å². The Labute approximate surface area is 218 Å². The lowest BCUT2D eigenvalue weighted by Crippen LogP contribution is -2.50. The standard InChI is InChI=1S/C26H33N3O7S/c1-18-15-29(19(2)17-30)26(31)23-12-20(8-7-11-34-4)14-27-25(23)36-24(18)16-28(3)37(32,33)22-10-6-9-21(13-22)35-5/h6,9-10,12-14,18-19,24,30H,11,15-17H2,1-5H3/t18-,19+,24-/m1/s1. The van der Waals surface area contributed by atoms with E-state index >= 15 is 0 Å². The second-order valence-electron chi connectivity index (χ2n) is 8.90. The van der Waals surface area contributed by atoms with E-state index in [4.69, 9.17) is 14.2 Å². The SMILES string of the molecule is COCC#Cc1cnc2c(c1)C(=O)N([C@@H](C)CO)C[C@@H](C)[C@@H](CN(C)S(=O)(=O)c1cccc(OC)c1)O2. The Balaban J connectivity index is 1.97. The van der Waals surface area contributed by atoms with Crippen molar-refractivity contribution in [2.45, 2.75) is 30.9 Å². The Hall–Kier alpha value is -3.17. The normalized spacial score (nSPS) is 18.7. The number of hydrogen-bond acceptors (Lipinski definition) is 8. The molecule has 3 atom stereocenters. The minimum Gasteiger partial charge on any atom is -0.497 e. The molecule has 0 unspecified atom stereocenters. The minimum absolute atomic E-state index is 0.00671. The van der Waals surface area contributed by atoms with Crippen LogP contribution >= 0.6 is 0 Å². The lowest BCUT2D eigenvalue weighted by Gasteiger charge is -2.37. The van der Waals surface area contributed by atoms with Crippen molar-refractivity contribution in [2.75, 3.05) is 47.6 Å². The molecule has 3 rings (SSSR count). The summed E-state index contributed by atoms with van der Waals surface area (Å²) in [6, 6.07) is 7.37. The van der Waals surface area contributed by atoms with Crippen LogP contribution in [0.15, 0.2) is 41.4 Å². The molecule has 11 heteroatoms. The molecule has 1 N–H and O–H groups in total. The molecule has 1 aromatic carbocycles. The first-order valence-corrected chi connectivity index (χ1v) is 13.2. The molecular formula is C26H33N3O7S. The fraction of sp³-hybridized carbons (Fsp3) is 0.462. The highest BCUT2D eigenvalue weighted by molar-refractivity contribution is 7.89. The van der Waals surface area contributed by atoms with Crippen molar-refractivity contribution in [3.8, 4) is 23.5 Å². The van der Waals surface area contributed by atoms with Crippen LogP contribution in [0.3, 0.4) is 0 Å². The number of pyridine rings is 1. The molecule has 2 heterocycles. The number of methoxy groups -OCH3 is 2. The van der Waals surface area contributed by atoms with Gasteiger partial charge in [-0.25, -0.2) is 13.4 Å². The van der Waals surface area contributed by atoms with Crippen LogP contribution < -0.4 is 9.47 Å². The fourth-order valence-corrected chi connectivity index (χ4v) is 5.11. The zero-order chi connectivity index (χ0) is 27.2. The number of aliphatic hydroxyl groups excluding tert-OH is 1. The summed E-state index contributed by atoms with van der Waals surface area (Å²) in [5.41, 5.74) is 0.701. The third kappa shape index (κ3) is 6.59. The minimum atomic E-state index is -3.86. The number of rotatable bonds is 8. The summed E-state index contributed by atoms with van der Waals surface area (Å²) in [6.07, 6.45) is 0.859. The highest BCUT2D eigenvalue weighted by Gasteiger charge is 2.36. The highest BCUT2D eigenvalue weighted by atomic mass is 32.2. The molecule has 200 valence electrons. The number of likely N-dealkylation sites (N-methyl/N-ethyl adjacent to an activating group) is 1. The van der Waals surface area contributed by atoms with Gasteiger partial charge in [0.2, 0.25) is 15.9 Å². The summed E-state index contributed by atoms with van der Waals surface area (Å²) < 4.78 is 44.1. The van der Waals surface area contributed by atoms with E-state index in [9.17, 15) is 18.3 Å². The maximum Gasteiger partial charge on any atom is 0.259 e. The van der Waals surface area contributed by atoms with E-state index in [1.54, 1.807) is 30.0 Å². The van der Waals surface area contributed by atoms with Gasteiger partial charge in [0.25, 0.3) is 5.91 Å². The smallest absolute Gasteiger partial charge is 0.259 e. The van der Waals surface area contributed by atoms with Crippen LogP contribution in [0.5, 0.6) is 11.6 Å². The van der Waals surface area contributed by atoms with Gasteiger partial charge in [0.1, 0.15) is 24.0 Å². The van der Waals surface area contributed by atoms with Crippen LogP contribution in [0.2, 0.25) is 0 Å². The van der Waals surface area contributed by atoms with Gasteiger partial charge in [0, 0.05) is 44.4 Å². The van der Waals surface area contributed by atoms with Crippen LogP contribution in [-0.4, -0.2) is 93.3 Å². The summed E-state index contributed by atoms with van der Waals surface area (Å²) >= 11 is 0. The van der Waals surface area contributed by atoms with E-state index in [1.807, 2.05) is 6.92 Å². The molecule has 37 heavy (non-hydrogen) atoms. The van der Waals surface area contributed by atoms with Gasteiger partial charge >= 0.3 is 0 Å². The molecule has 1 aromatic heterocycles. The number of aromatic nitrogens is 1. The van der Waals surface area contributed by atoms with Gasteiger partial charge in [-0.05, 0) is 25.1 Å². The van der Waals surface area contributed by atoms with E-state index in [1.165, 1.54) is 43.9 Å². The molecule has 0 saturated heterocycles. The Morgan fingerprint density at radius 1 is 1.32 bits per heavy atom. The lowest BCUT2D eigenvalue weighted by atomic mass is 10.0. The second kappa shape index (κ2) is 12.4. The van der Waals surface area contributed by atoms with Crippen molar-refractivity contribution in [2.24, 2.45) is 5.92 Å². The van der Waals surface area contributed by atoms with Gasteiger partial charge in [0.15, 0.2) is 0 Å². The predicted molar refractivity (Wildman–Crippen MR) is 137 cm³/mol. The van der Waals surface area contributed by atoms with Crippen LogP contribution in [0, 0.1) is 17.8 Å². The Bertz CT molecular complexity index is 1270. The van der Waals surface area contributed by atoms with E-state index in [2.05, 4.69) is 16.8 Å². The van der Waals surface area contributed by atoms with Gasteiger partial charge < -0.3 is 24.2 Å². The zero-order valence-corrected chi connectivity index (χ0v) is 22.5. The molecule has 0 fully saturated rings. The van der Waals surface area contributed by atoms with Crippen molar-refractivity contribution < 1.29 is 32.5 Å². The van der Waals surface area contributed by atoms with E-state index in [-0.39, 0.29) is 54.5 Å².